The summed E-state index contributed by atoms with van der Waals surface area (Å²) < 4.78 is 5.37. The number of esters is 1. The summed E-state index contributed by atoms with van der Waals surface area (Å²) >= 11 is 0. The van der Waals surface area contributed by atoms with E-state index in [0.717, 1.165) is 5.56 Å². The van der Waals surface area contributed by atoms with E-state index in [0.29, 0.717) is 22.7 Å². The minimum Gasteiger partial charge on any atom is -0.423 e. The molecule has 2 rings (SSSR count). The van der Waals surface area contributed by atoms with E-state index in [2.05, 4.69) is 10.1 Å². The van der Waals surface area contributed by atoms with Gasteiger partial charge < -0.3 is 21.0 Å². The highest BCUT2D eigenvalue weighted by Gasteiger charge is 2.09. The minimum absolute atomic E-state index is 0.0461. The summed E-state index contributed by atoms with van der Waals surface area (Å²) in [5.41, 5.74) is 13.0. The fraction of sp³-hybridized carbons (Fsp3) is 0.118. The van der Waals surface area contributed by atoms with E-state index in [-0.39, 0.29) is 5.96 Å². The number of carbonyl (C=O) groups is 1. The molecule has 0 aromatic heterocycles. The molecule has 0 aliphatic carbocycles. The second-order valence-electron chi connectivity index (χ2n) is 4.86. The van der Waals surface area contributed by atoms with Gasteiger partial charge in [-0.05, 0) is 43.3 Å². The number of hydrogen-bond acceptors (Lipinski definition) is 5. The van der Waals surface area contributed by atoms with Crippen LogP contribution in [0.3, 0.4) is 0 Å². The first-order chi connectivity index (χ1) is 11.5. The van der Waals surface area contributed by atoms with E-state index in [4.69, 9.17) is 21.0 Å². The van der Waals surface area contributed by atoms with Crippen LogP contribution in [0.5, 0.6) is 5.75 Å². The summed E-state index contributed by atoms with van der Waals surface area (Å²) in [4.78, 5) is 20.8. The number of hydrogen-bond donors (Lipinski definition) is 2. The highest BCUT2D eigenvalue weighted by Crippen LogP contribution is 2.18. The zero-order valence-electron chi connectivity index (χ0n) is 13.4. The van der Waals surface area contributed by atoms with Crippen molar-refractivity contribution >= 4 is 23.3 Å². The number of nitrogens with two attached hydrogens (primary N) is 2. The number of ether oxygens (including phenoxy) is 1. The molecule has 0 amide bonds. The standard InChI is InChI=1S/C17H18N4O3/c1-11(21-23-2)13-4-3-5-15(10-13)24-16(22)12-6-8-14(9-7-12)20-17(18)19/h3-10H,1-2H3,(H4,18,19,20). The molecule has 0 fully saturated rings. The number of guanidine groups is 1. The lowest BCUT2D eigenvalue weighted by atomic mass is 10.1. The third-order valence-corrected chi connectivity index (χ3v) is 3.05. The van der Waals surface area contributed by atoms with Crippen LogP contribution >= 0.6 is 0 Å². The van der Waals surface area contributed by atoms with Crippen molar-refractivity contribution in [2.75, 3.05) is 7.11 Å². The molecule has 0 aliphatic rings. The monoisotopic (exact) mass is 326 g/mol. The summed E-state index contributed by atoms with van der Waals surface area (Å²) in [6, 6.07) is 13.5. The number of rotatable bonds is 5. The molecule has 0 radical (unpaired) electrons. The van der Waals surface area contributed by atoms with Crippen LogP contribution in [0, 0.1) is 0 Å². The first kappa shape index (κ1) is 17.0. The van der Waals surface area contributed by atoms with Gasteiger partial charge in [0.25, 0.3) is 0 Å². The van der Waals surface area contributed by atoms with Crippen molar-refractivity contribution < 1.29 is 14.4 Å². The SMILES string of the molecule is CON=C(C)c1cccc(OC(=O)c2ccc(N=C(N)N)cc2)c1. The van der Waals surface area contributed by atoms with Crippen LogP contribution in [0.2, 0.25) is 0 Å². The Hall–Kier alpha value is -3.35. The number of carbonyl (C=O) groups excluding carboxylic acids is 1. The van der Waals surface area contributed by atoms with Gasteiger partial charge in [0.05, 0.1) is 17.0 Å². The molecule has 0 bridgehead atoms. The minimum atomic E-state index is -0.482. The lowest BCUT2D eigenvalue weighted by Gasteiger charge is -2.07. The van der Waals surface area contributed by atoms with Crippen LogP contribution in [0.25, 0.3) is 0 Å². The van der Waals surface area contributed by atoms with Crippen molar-refractivity contribution in [3.8, 4) is 5.75 Å². The average molecular weight is 326 g/mol. The molecule has 0 heterocycles. The van der Waals surface area contributed by atoms with Crippen LogP contribution in [0.4, 0.5) is 5.69 Å². The van der Waals surface area contributed by atoms with E-state index < -0.39 is 5.97 Å². The molecule has 2 aromatic rings. The average Bonchev–Trinajstić information content (AvgIpc) is 2.55. The van der Waals surface area contributed by atoms with Crippen molar-refractivity contribution in [2.45, 2.75) is 6.92 Å². The van der Waals surface area contributed by atoms with Crippen molar-refractivity contribution in [1.82, 2.24) is 0 Å². The van der Waals surface area contributed by atoms with Gasteiger partial charge in [-0.2, -0.15) is 0 Å². The fourth-order valence-electron chi connectivity index (χ4n) is 1.96. The Balaban J connectivity index is 2.13. The zero-order valence-corrected chi connectivity index (χ0v) is 13.4. The largest absolute Gasteiger partial charge is 0.423 e. The molecule has 7 nitrogen and oxygen atoms in total. The Labute approximate surface area is 139 Å². The van der Waals surface area contributed by atoms with Gasteiger partial charge in [-0.1, -0.05) is 17.3 Å². The van der Waals surface area contributed by atoms with Crippen LogP contribution in [0.1, 0.15) is 22.8 Å². The highest BCUT2D eigenvalue weighted by molar-refractivity contribution is 5.99. The van der Waals surface area contributed by atoms with Gasteiger partial charge in [0, 0.05) is 5.56 Å². The molecule has 0 unspecified atom stereocenters. The van der Waals surface area contributed by atoms with Gasteiger partial charge in [0.1, 0.15) is 12.9 Å². The third kappa shape index (κ3) is 4.57. The normalized spacial score (nSPS) is 10.8. The predicted octanol–water partition coefficient (Wildman–Crippen LogP) is 2.18. The lowest BCUT2D eigenvalue weighted by molar-refractivity contribution is 0.0735. The Morgan fingerprint density at radius 1 is 1.04 bits per heavy atom. The molecule has 4 N–H and O–H groups in total. The van der Waals surface area contributed by atoms with Crippen LogP contribution in [0.15, 0.2) is 58.7 Å². The molecule has 0 atom stereocenters. The van der Waals surface area contributed by atoms with Crippen molar-refractivity contribution in [3.05, 3.63) is 59.7 Å². The molecule has 0 saturated heterocycles. The van der Waals surface area contributed by atoms with Crippen molar-refractivity contribution in [1.29, 1.82) is 0 Å². The molecule has 7 heteroatoms. The highest BCUT2D eigenvalue weighted by atomic mass is 16.6. The summed E-state index contributed by atoms with van der Waals surface area (Å²) in [7, 11) is 1.47. The van der Waals surface area contributed by atoms with Crippen molar-refractivity contribution in [3.63, 3.8) is 0 Å². The van der Waals surface area contributed by atoms with Crippen LogP contribution in [-0.4, -0.2) is 24.8 Å². The summed E-state index contributed by atoms with van der Waals surface area (Å²) in [5, 5.41) is 3.85. The summed E-state index contributed by atoms with van der Waals surface area (Å²) in [6.45, 7) is 1.80. The van der Waals surface area contributed by atoms with E-state index in [1.54, 1.807) is 49.4 Å². The third-order valence-electron chi connectivity index (χ3n) is 3.05. The van der Waals surface area contributed by atoms with E-state index >= 15 is 0 Å². The first-order valence-electron chi connectivity index (χ1n) is 7.09. The molecule has 2 aromatic carbocycles. The topological polar surface area (TPSA) is 112 Å². The van der Waals surface area contributed by atoms with Gasteiger partial charge in [-0.3, -0.25) is 0 Å². The molecule has 124 valence electrons. The van der Waals surface area contributed by atoms with Gasteiger partial charge in [-0.25, -0.2) is 9.79 Å². The fourth-order valence-corrected chi connectivity index (χ4v) is 1.96. The molecule has 24 heavy (non-hydrogen) atoms. The lowest BCUT2D eigenvalue weighted by Crippen LogP contribution is -2.21. The van der Waals surface area contributed by atoms with E-state index in [1.807, 2.05) is 6.07 Å². The second kappa shape index (κ2) is 7.77. The van der Waals surface area contributed by atoms with Gasteiger partial charge in [0.15, 0.2) is 5.96 Å². The second-order valence-corrected chi connectivity index (χ2v) is 4.86. The number of benzene rings is 2. The van der Waals surface area contributed by atoms with Crippen LogP contribution < -0.4 is 16.2 Å². The first-order valence-corrected chi connectivity index (χ1v) is 7.09. The Morgan fingerprint density at radius 2 is 1.75 bits per heavy atom. The van der Waals surface area contributed by atoms with Gasteiger partial charge in [-0.15, -0.1) is 0 Å². The maximum atomic E-state index is 12.2. The summed E-state index contributed by atoms with van der Waals surface area (Å²) in [5.74, 6) is -0.114. The Bertz CT molecular complexity index is 779. The maximum Gasteiger partial charge on any atom is 0.343 e. The van der Waals surface area contributed by atoms with Gasteiger partial charge >= 0.3 is 5.97 Å². The van der Waals surface area contributed by atoms with Crippen LogP contribution in [-0.2, 0) is 4.84 Å². The van der Waals surface area contributed by atoms with E-state index in [9.17, 15) is 4.79 Å². The molecular formula is C17H18N4O3. The van der Waals surface area contributed by atoms with Crippen molar-refractivity contribution in [2.24, 2.45) is 21.6 Å². The number of aliphatic imine (C=N–C) groups is 1. The number of nitrogens with zero attached hydrogens (tertiary/aromatic N) is 2. The maximum absolute atomic E-state index is 12.2. The zero-order chi connectivity index (χ0) is 17.5. The number of oxime groups is 1. The van der Waals surface area contributed by atoms with Gasteiger partial charge in [0.2, 0.25) is 0 Å². The molecule has 0 saturated carbocycles. The molecule has 0 spiro atoms. The summed E-state index contributed by atoms with van der Waals surface area (Å²) in [6.07, 6.45) is 0. The van der Waals surface area contributed by atoms with E-state index in [1.165, 1.54) is 7.11 Å². The Kier molecular flexibility index (Phi) is 5.51. The molecule has 0 aliphatic heterocycles. The molecular weight excluding hydrogens is 308 g/mol. The predicted molar refractivity (Wildman–Crippen MR) is 92.5 cm³/mol. The smallest absolute Gasteiger partial charge is 0.343 e. The Morgan fingerprint density at radius 3 is 2.38 bits per heavy atom. The quantitative estimate of drug-likeness (QED) is 0.287.